The molecule has 0 amide bonds. The maximum atomic E-state index is 12.7. The Morgan fingerprint density at radius 3 is 2.86 bits per heavy atom. The minimum atomic E-state index is -0.0193. The molecule has 3 nitrogen and oxygen atoms in total. The lowest BCUT2D eigenvalue weighted by Gasteiger charge is -2.09. The van der Waals surface area contributed by atoms with Crippen molar-refractivity contribution in [2.75, 3.05) is 0 Å². The highest BCUT2D eigenvalue weighted by atomic mass is 32.1. The molecule has 0 spiro atoms. The van der Waals surface area contributed by atoms with Gasteiger partial charge in [-0.25, -0.2) is 0 Å². The SMILES string of the molecule is CC(C)Oc1cncc(C(=O)c2csc3ccccc23)c1. The van der Waals surface area contributed by atoms with E-state index in [-0.39, 0.29) is 11.9 Å². The molecule has 2 heterocycles. The second kappa shape index (κ2) is 5.66. The first-order chi connectivity index (χ1) is 10.1. The molecule has 0 aliphatic rings. The molecule has 3 rings (SSSR count). The third kappa shape index (κ3) is 2.81. The second-order valence-corrected chi connectivity index (χ2v) is 5.96. The molecular weight excluding hydrogens is 282 g/mol. The summed E-state index contributed by atoms with van der Waals surface area (Å²) < 4.78 is 6.71. The zero-order chi connectivity index (χ0) is 14.8. The first kappa shape index (κ1) is 13.8. The number of pyridine rings is 1. The summed E-state index contributed by atoms with van der Waals surface area (Å²) in [4.78, 5) is 16.8. The van der Waals surface area contributed by atoms with Gasteiger partial charge in [0, 0.05) is 32.8 Å². The van der Waals surface area contributed by atoms with Crippen LogP contribution in [0.25, 0.3) is 10.1 Å². The number of fused-ring (bicyclic) bond motifs is 1. The Hall–Kier alpha value is -2.20. The van der Waals surface area contributed by atoms with E-state index in [1.807, 2.05) is 43.5 Å². The number of rotatable bonds is 4. The molecule has 2 aromatic heterocycles. The van der Waals surface area contributed by atoms with Crippen molar-refractivity contribution in [1.82, 2.24) is 4.98 Å². The number of ketones is 1. The molecule has 0 aliphatic heterocycles. The van der Waals surface area contributed by atoms with Gasteiger partial charge in [0.2, 0.25) is 0 Å². The zero-order valence-electron chi connectivity index (χ0n) is 11.9. The molecule has 0 fully saturated rings. The molecule has 21 heavy (non-hydrogen) atoms. The standard InChI is InChI=1S/C17H15NO2S/c1-11(2)20-13-7-12(8-18-9-13)17(19)15-10-21-16-6-4-3-5-14(15)16/h3-11H,1-2H3. The Labute approximate surface area is 127 Å². The summed E-state index contributed by atoms with van der Waals surface area (Å²) in [5.41, 5.74) is 1.27. The van der Waals surface area contributed by atoms with Crippen molar-refractivity contribution in [3.8, 4) is 5.75 Å². The summed E-state index contributed by atoms with van der Waals surface area (Å²) in [6.45, 7) is 3.89. The summed E-state index contributed by atoms with van der Waals surface area (Å²) in [5.74, 6) is 0.601. The highest BCUT2D eigenvalue weighted by molar-refractivity contribution is 7.17. The monoisotopic (exact) mass is 297 g/mol. The predicted octanol–water partition coefficient (Wildman–Crippen LogP) is 4.31. The van der Waals surface area contributed by atoms with Crippen molar-refractivity contribution >= 4 is 27.2 Å². The third-order valence-corrected chi connectivity index (χ3v) is 4.04. The molecule has 3 aromatic rings. The fourth-order valence-corrected chi connectivity index (χ4v) is 3.13. The normalized spacial score (nSPS) is 11.0. The van der Waals surface area contributed by atoms with E-state index in [9.17, 15) is 4.79 Å². The van der Waals surface area contributed by atoms with E-state index < -0.39 is 0 Å². The van der Waals surface area contributed by atoms with Gasteiger partial charge >= 0.3 is 0 Å². The molecule has 106 valence electrons. The topological polar surface area (TPSA) is 39.2 Å². The Balaban J connectivity index is 1.98. The fraction of sp³-hybridized carbons (Fsp3) is 0.176. The number of hydrogen-bond acceptors (Lipinski definition) is 4. The summed E-state index contributed by atoms with van der Waals surface area (Å²) >= 11 is 1.58. The molecule has 0 atom stereocenters. The Bertz CT molecular complexity index is 792. The van der Waals surface area contributed by atoms with Gasteiger partial charge in [0.05, 0.1) is 12.3 Å². The maximum Gasteiger partial charge on any atom is 0.196 e. The van der Waals surface area contributed by atoms with Crippen LogP contribution >= 0.6 is 11.3 Å². The minimum absolute atomic E-state index is 0.0193. The molecule has 0 aliphatic carbocycles. The van der Waals surface area contributed by atoms with Gasteiger partial charge in [0.25, 0.3) is 0 Å². The highest BCUT2D eigenvalue weighted by Crippen LogP contribution is 2.28. The molecule has 0 unspecified atom stereocenters. The van der Waals surface area contributed by atoms with Crippen LogP contribution in [0.3, 0.4) is 0 Å². The molecule has 0 bridgehead atoms. The molecule has 0 saturated heterocycles. The van der Waals surface area contributed by atoms with E-state index in [0.717, 1.165) is 15.6 Å². The highest BCUT2D eigenvalue weighted by Gasteiger charge is 2.15. The number of carbonyl (C=O) groups excluding carboxylic acids is 1. The van der Waals surface area contributed by atoms with Gasteiger partial charge in [-0.3, -0.25) is 9.78 Å². The summed E-state index contributed by atoms with van der Waals surface area (Å²) in [5, 5.41) is 2.89. The molecule has 1 aromatic carbocycles. The fourth-order valence-electron chi connectivity index (χ4n) is 2.19. The van der Waals surface area contributed by atoms with Crippen molar-refractivity contribution in [1.29, 1.82) is 0 Å². The van der Waals surface area contributed by atoms with Crippen molar-refractivity contribution in [3.63, 3.8) is 0 Å². The second-order valence-electron chi connectivity index (χ2n) is 5.05. The average molecular weight is 297 g/mol. The number of benzene rings is 1. The largest absolute Gasteiger partial charge is 0.489 e. The van der Waals surface area contributed by atoms with E-state index in [1.165, 1.54) is 0 Å². The Morgan fingerprint density at radius 1 is 1.24 bits per heavy atom. The molecular formula is C17H15NO2S. The van der Waals surface area contributed by atoms with Crippen LogP contribution in [0.2, 0.25) is 0 Å². The molecule has 0 saturated carbocycles. The van der Waals surface area contributed by atoms with Crippen LogP contribution in [-0.2, 0) is 0 Å². The number of thiophene rings is 1. The Morgan fingerprint density at radius 2 is 2.05 bits per heavy atom. The van der Waals surface area contributed by atoms with Gasteiger partial charge < -0.3 is 4.74 Å². The van der Waals surface area contributed by atoms with E-state index in [4.69, 9.17) is 4.74 Å². The number of nitrogens with zero attached hydrogens (tertiary/aromatic N) is 1. The van der Waals surface area contributed by atoms with E-state index >= 15 is 0 Å². The van der Waals surface area contributed by atoms with Crippen molar-refractivity contribution in [2.45, 2.75) is 20.0 Å². The van der Waals surface area contributed by atoms with Crippen LogP contribution in [0.15, 0.2) is 48.1 Å². The lowest BCUT2D eigenvalue weighted by atomic mass is 10.0. The number of ether oxygens (including phenoxy) is 1. The van der Waals surface area contributed by atoms with Gasteiger partial charge in [0.15, 0.2) is 5.78 Å². The smallest absolute Gasteiger partial charge is 0.196 e. The average Bonchev–Trinajstić information content (AvgIpc) is 2.90. The van der Waals surface area contributed by atoms with E-state index in [0.29, 0.717) is 11.3 Å². The van der Waals surface area contributed by atoms with Crippen LogP contribution in [-0.4, -0.2) is 16.9 Å². The Kier molecular flexibility index (Phi) is 3.71. The summed E-state index contributed by atoms with van der Waals surface area (Å²) in [6, 6.07) is 9.67. The van der Waals surface area contributed by atoms with Crippen LogP contribution in [0.4, 0.5) is 0 Å². The number of aromatic nitrogens is 1. The molecule has 4 heteroatoms. The number of carbonyl (C=O) groups is 1. The van der Waals surface area contributed by atoms with Gasteiger partial charge in [-0.1, -0.05) is 18.2 Å². The third-order valence-electron chi connectivity index (χ3n) is 3.07. The van der Waals surface area contributed by atoms with E-state index in [1.54, 1.807) is 29.8 Å². The van der Waals surface area contributed by atoms with Crippen molar-refractivity contribution in [2.24, 2.45) is 0 Å². The molecule has 0 radical (unpaired) electrons. The van der Waals surface area contributed by atoms with Gasteiger partial charge in [-0.05, 0) is 26.0 Å². The lowest BCUT2D eigenvalue weighted by molar-refractivity contribution is 0.103. The maximum absolute atomic E-state index is 12.7. The molecule has 0 N–H and O–H groups in total. The predicted molar refractivity (Wildman–Crippen MR) is 85.3 cm³/mol. The van der Waals surface area contributed by atoms with Crippen LogP contribution < -0.4 is 4.74 Å². The first-order valence-electron chi connectivity index (χ1n) is 6.78. The van der Waals surface area contributed by atoms with Crippen LogP contribution in [0, 0.1) is 0 Å². The summed E-state index contributed by atoms with van der Waals surface area (Å²) in [6.07, 6.45) is 3.27. The zero-order valence-corrected chi connectivity index (χ0v) is 12.7. The van der Waals surface area contributed by atoms with Crippen LogP contribution in [0.1, 0.15) is 29.8 Å². The first-order valence-corrected chi connectivity index (χ1v) is 7.66. The minimum Gasteiger partial charge on any atom is -0.489 e. The van der Waals surface area contributed by atoms with Crippen molar-refractivity contribution < 1.29 is 9.53 Å². The summed E-state index contributed by atoms with van der Waals surface area (Å²) in [7, 11) is 0. The van der Waals surface area contributed by atoms with Gasteiger partial charge in [-0.2, -0.15) is 0 Å². The van der Waals surface area contributed by atoms with Crippen LogP contribution in [0.5, 0.6) is 5.75 Å². The number of hydrogen-bond donors (Lipinski definition) is 0. The quantitative estimate of drug-likeness (QED) is 0.673. The van der Waals surface area contributed by atoms with Gasteiger partial charge in [0.1, 0.15) is 5.75 Å². The van der Waals surface area contributed by atoms with Crippen molar-refractivity contribution in [3.05, 3.63) is 59.2 Å². The lowest BCUT2D eigenvalue weighted by Crippen LogP contribution is -2.07. The van der Waals surface area contributed by atoms with E-state index in [2.05, 4.69) is 4.98 Å². The van der Waals surface area contributed by atoms with Gasteiger partial charge in [-0.15, -0.1) is 11.3 Å².